The highest BCUT2D eigenvalue weighted by Gasteiger charge is 2.47. The Morgan fingerprint density at radius 2 is 2.00 bits per heavy atom. The third-order valence-corrected chi connectivity index (χ3v) is 9.22. The lowest BCUT2D eigenvalue weighted by Gasteiger charge is -2.33. The first kappa shape index (κ1) is 26.5. The van der Waals surface area contributed by atoms with Crippen molar-refractivity contribution >= 4 is 28.1 Å². The summed E-state index contributed by atoms with van der Waals surface area (Å²) in [5.74, 6) is 0.892. The van der Waals surface area contributed by atoms with Crippen molar-refractivity contribution in [3.63, 3.8) is 0 Å². The number of ether oxygens (including phenoxy) is 2. The molecule has 0 saturated heterocycles. The number of hydrogen-bond acceptors (Lipinski definition) is 7. The molecule has 3 aromatic rings. The van der Waals surface area contributed by atoms with Gasteiger partial charge in [0.2, 0.25) is 6.79 Å². The molecule has 1 amide bonds. The minimum atomic E-state index is -4.59. The molecule has 210 valence electrons. The van der Waals surface area contributed by atoms with Crippen molar-refractivity contribution in [1.29, 1.82) is 5.26 Å². The van der Waals surface area contributed by atoms with Crippen LogP contribution in [0.25, 0.3) is 0 Å². The lowest BCUT2D eigenvalue weighted by atomic mass is 9.72. The van der Waals surface area contributed by atoms with Gasteiger partial charge in [-0.15, -0.1) is 11.3 Å². The van der Waals surface area contributed by atoms with Crippen molar-refractivity contribution in [3.05, 3.63) is 51.5 Å². The van der Waals surface area contributed by atoms with E-state index in [1.807, 2.05) is 0 Å². The smallest absolute Gasteiger partial charge is 0.410 e. The van der Waals surface area contributed by atoms with Crippen molar-refractivity contribution < 1.29 is 27.4 Å². The Labute approximate surface area is 233 Å². The molecule has 3 aliphatic rings. The molecule has 3 unspecified atom stereocenters. The van der Waals surface area contributed by atoms with Crippen molar-refractivity contribution in [1.82, 2.24) is 9.78 Å². The van der Waals surface area contributed by atoms with Gasteiger partial charge in [0.05, 0.1) is 11.6 Å². The summed E-state index contributed by atoms with van der Waals surface area (Å²) in [6.07, 6.45) is -2.37. The predicted molar refractivity (Wildman–Crippen MR) is 143 cm³/mol. The third kappa shape index (κ3) is 4.66. The Morgan fingerprint density at radius 1 is 1.23 bits per heavy atom. The first-order chi connectivity index (χ1) is 18.9. The molecule has 2 aromatic heterocycles. The molecule has 6 rings (SSSR count). The van der Waals surface area contributed by atoms with Crippen LogP contribution in [0.1, 0.15) is 77.8 Å². The fraction of sp³-hybridized carbons (Fsp3) is 0.464. The largest absolute Gasteiger partial charge is 0.454 e. The normalized spacial score (nSPS) is 21.7. The van der Waals surface area contributed by atoms with Crippen molar-refractivity contribution in [2.24, 2.45) is 11.3 Å². The van der Waals surface area contributed by atoms with E-state index in [1.54, 1.807) is 18.2 Å². The monoisotopic (exact) mass is 571 g/mol. The van der Waals surface area contributed by atoms with Gasteiger partial charge in [0.15, 0.2) is 23.2 Å². The fourth-order valence-electron chi connectivity index (χ4n) is 5.73. The lowest BCUT2D eigenvalue weighted by Crippen LogP contribution is -2.35. The topological polar surface area (TPSA) is 101 Å². The number of anilines is 2. The van der Waals surface area contributed by atoms with E-state index in [0.29, 0.717) is 33.5 Å². The highest BCUT2D eigenvalue weighted by Crippen LogP contribution is 2.46. The lowest BCUT2D eigenvalue weighted by molar-refractivity contribution is -0.173. The maximum atomic E-state index is 14.2. The molecule has 4 heterocycles. The van der Waals surface area contributed by atoms with Crippen LogP contribution >= 0.6 is 11.3 Å². The Hall–Kier alpha value is -3.72. The van der Waals surface area contributed by atoms with Crippen LogP contribution in [-0.2, 0) is 12.8 Å². The Balaban J connectivity index is 1.27. The molecular weight excluding hydrogens is 543 g/mol. The predicted octanol–water partition coefficient (Wildman–Crippen LogP) is 6.61. The second-order valence-electron chi connectivity index (χ2n) is 11.5. The molecule has 0 bridgehead atoms. The summed E-state index contributed by atoms with van der Waals surface area (Å²) >= 11 is 1.37. The number of benzene rings is 1. The molecular formula is C28H28F3N5O3S. The van der Waals surface area contributed by atoms with Gasteiger partial charge < -0.3 is 20.1 Å². The van der Waals surface area contributed by atoms with Crippen molar-refractivity contribution in [3.8, 4) is 17.6 Å². The van der Waals surface area contributed by atoms with E-state index in [2.05, 4.69) is 42.6 Å². The number of halogens is 3. The van der Waals surface area contributed by atoms with E-state index < -0.39 is 24.2 Å². The average molecular weight is 572 g/mol. The zero-order valence-electron chi connectivity index (χ0n) is 22.2. The number of carbonyl (C=O) groups excluding carboxylic acids is 1. The van der Waals surface area contributed by atoms with Crippen LogP contribution < -0.4 is 20.1 Å². The Kier molecular flexibility index (Phi) is 6.25. The number of nitriles is 1. The van der Waals surface area contributed by atoms with Crippen molar-refractivity contribution in [2.45, 2.75) is 64.7 Å². The summed E-state index contributed by atoms with van der Waals surface area (Å²) in [6, 6.07) is 5.96. The molecule has 0 saturated carbocycles. The summed E-state index contributed by atoms with van der Waals surface area (Å²) in [5.41, 5.74) is 1.95. The maximum absolute atomic E-state index is 14.2. The van der Waals surface area contributed by atoms with Gasteiger partial charge in [-0.1, -0.05) is 26.8 Å². The van der Waals surface area contributed by atoms with Crippen LogP contribution in [0.2, 0.25) is 0 Å². The molecule has 3 atom stereocenters. The number of alkyl halides is 3. The second kappa shape index (κ2) is 9.44. The zero-order chi connectivity index (χ0) is 28.4. The standard InChI is InChI=1S/C28H28F3N5O3S/c1-27(2,3)15-5-6-16-17(12-32)26(40-22(16)9-15)34-25(37)19-11-24-33-18(10-23(28(29,30)31)36(24)35-19)14-4-7-20-21(8-14)39-13-38-20/h4,7-8,11,15,18,23,33H,5-6,9-10,13H2,1-3H3,(H,34,37). The molecule has 12 heteroatoms. The summed E-state index contributed by atoms with van der Waals surface area (Å²) in [4.78, 5) is 14.3. The van der Waals surface area contributed by atoms with E-state index in [1.165, 1.54) is 17.4 Å². The number of aromatic nitrogens is 2. The first-order valence-electron chi connectivity index (χ1n) is 13.1. The molecule has 1 aliphatic carbocycles. The molecule has 0 radical (unpaired) electrons. The van der Waals surface area contributed by atoms with Crippen LogP contribution in [0.15, 0.2) is 24.3 Å². The zero-order valence-corrected chi connectivity index (χ0v) is 23.0. The molecule has 0 spiro atoms. The van der Waals surface area contributed by atoms with Gasteiger partial charge in [0.25, 0.3) is 5.91 Å². The van der Waals surface area contributed by atoms with Gasteiger partial charge in [0, 0.05) is 17.4 Å². The molecule has 0 fully saturated rings. The quantitative estimate of drug-likeness (QED) is 0.367. The average Bonchev–Trinajstić information content (AvgIpc) is 3.61. The number of nitrogens with one attached hydrogen (secondary N) is 2. The number of rotatable bonds is 3. The van der Waals surface area contributed by atoms with Gasteiger partial charge in [-0.2, -0.15) is 23.5 Å². The SMILES string of the molecule is CC(C)(C)C1CCc2c(sc(NC(=O)c3cc4n(n3)C(C(F)(F)F)CC(c3ccc5c(c3)OCO5)N4)c2C#N)C1. The fourth-order valence-corrected chi connectivity index (χ4v) is 7.00. The highest BCUT2D eigenvalue weighted by molar-refractivity contribution is 7.16. The number of thiophene rings is 1. The van der Waals surface area contributed by atoms with Gasteiger partial charge in [-0.05, 0) is 53.9 Å². The second-order valence-corrected chi connectivity index (χ2v) is 12.6. The van der Waals surface area contributed by atoms with Crippen LogP contribution in [0.4, 0.5) is 24.0 Å². The number of fused-ring (bicyclic) bond motifs is 3. The number of carbonyl (C=O) groups is 1. The molecule has 8 nitrogen and oxygen atoms in total. The van der Waals surface area contributed by atoms with Crippen LogP contribution in [-0.4, -0.2) is 28.7 Å². The number of amides is 1. The summed E-state index contributed by atoms with van der Waals surface area (Å²) < 4.78 is 54.0. The van der Waals surface area contributed by atoms with Gasteiger partial charge in [0.1, 0.15) is 16.9 Å². The maximum Gasteiger partial charge on any atom is 0.410 e. The van der Waals surface area contributed by atoms with E-state index >= 15 is 0 Å². The van der Waals surface area contributed by atoms with Crippen molar-refractivity contribution in [2.75, 3.05) is 17.4 Å². The van der Waals surface area contributed by atoms with Crippen LogP contribution in [0.5, 0.6) is 11.5 Å². The molecule has 1 aromatic carbocycles. The van der Waals surface area contributed by atoms with E-state index in [9.17, 15) is 23.2 Å². The summed E-state index contributed by atoms with van der Waals surface area (Å²) in [5, 5.41) is 20.2. The third-order valence-electron chi connectivity index (χ3n) is 8.05. The molecule has 2 N–H and O–H groups in total. The highest BCUT2D eigenvalue weighted by atomic mass is 32.1. The molecule has 40 heavy (non-hydrogen) atoms. The number of nitrogens with zero attached hydrogens (tertiary/aromatic N) is 3. The number of hydrogen-bond donors (Lipinski definition) is 2. The summed E-state index contributed by atoms with van der Waals surface area (Å²) in [7, 11) is 0. The minimum Gasteiger partial charge on any atom is -0.454 e. The van der Waals surface area contributed by atoms with Gasteiger partial charge in [-0.3, -0.25) is 4.79 Å². The summed E-state index contributed by atoms with van der Waals surface area (Å²) in [6.45, 7) is 6.66. The first-order valence-corrected chi connectivity index (χ1v) is 13.9. The molecule has 2 aliphatic heterocycles. The minimum absolute atomic E-state index is 0.0607. The Bertz CT molecular complexity index is 1530. The van der Waals surface area contributed by atoms with Crippen LogP contribution in [0.3, 0.4) is 0 Å². The van der Waals surface area contributed by atoms with E-state index in [4.69, 9.17) is 9.47 Å². The van der Waals surface area contributed by atoms with Gasteiger partial charge >= 0.3 is 6.18 Å². The van der Waals surface area contributed by atoms with E-state index in [0.717, 1.165) is 34.4 Å². The van der Waals surface area contributed by atoms with Gasteiger partial charge in [-0.25, -0.2) is 4.68 Å². The Morgan fingerprint density at radius 3 is 2.73 bits per heavy atom. The van der Waals surface area contributed by atoms with E-state index in [-0.39, 0.29) is 30.1 Å². The van der Waals surface area contributed by atoms with Crippen LogP contribution in [0, 0.1) is 22.7 Å².